The molecule has 1 aliphatic carbocycles. The Labute approximate surface area is 188 Å². The number of amides is 1. The molecule has 0 spiro atoms. The summed E-state index contributed by atoms with van der Waals surface area (Å²) in [4.78, 5) is 12.8. The number of hydrogen-bond acceptors (Lipinski definition) is 2. The molecule has 3 nitrogen and oxygen atoms in total. The highest BCUT2D eigenvalue weighted by molar-refractivity contribution is 7.52. The van der Waals surface area contributed by atoms with Gasteiger partial charge >= 0.3 is 0 Å². The third-order valence-electron chi connectivity index (χ3n) is 7.89. The molecule has 5 heteroatoms. The first kappa shape index (κ1) is 22.1. The highest BCUT2D eigenvalue weighted by Gasteiger charge is 2.55. The molecular formula is C26H35NO2Si2. The summed E-state index contributed by atoms with van der Waals surface area (Å²) >= 11 is 0. The highest BCUT2D eigenvalue weighted by atomic mass is 29.3. The Balaban J connectivity index is 2.17. The van der Waals surface area contributed by atoms with E-state index in [4.69, 9.17) is 10.5 Å². The van der Waals surface area contributed by atoms with Crippen LogP contribution in [0.15, 0.2) is 23.8 Å². The maximum absolute atomic E-state index is 12.8. The van der Waals surface area contributed by atoms with Gasteiger partial charge in [-0.1, -0.05) is 70.7 Å². The molecule has 0 atom stereocenters. The number of ether oxygens (including phenoxy) is 1. The van der Waals surface area contributed by atoms with E-state index in [1.54, 1.807) is 7.11 Å². The highest BCUT2D eigenvalue weighted by Crippen LogP contribution is 2.43. The first-order chi connectivity index (χ1) is 14.2. The van der Waals surface area contributed by atoms with E-state index >= 15 is 0 Å². The maximum Gasteiger partial charge on any atom is 0.249 e. The van der Waals surface area contributed by atoms with E-state index in [1.165, 1.54) is 38.2 Å². The van der Waals surface area contributed by atoms with E-state index in [0.29, 0.717) is 5.56 Å². The topological polar surface area (TPSA) is 52.3 Å². The second-order valence-corrected chi connectivity index (χ2v) is 26.4. The Kier molecular flexibility index (Phi) is 4.77. The van der Waals surface area contributed by atoms with Crippen molar-refractivity contribution in [3.8, 4) is 16.9 Å². The fraction of sp³-hybridized carbons (Fsp3) is 0.423. The number of hydrogen-bond donors (Lipinski definition) is 1. The SMILES string of the molecule is COc1c2cc(C(N)=O)c(-c3cc(C(C)(C)C)cc4c3CC(C)=C4)c1[Si](C)(C)[Si]2(C)C. The molecule has 31 heavy (non-hydrogen) atoms. The third kappa shape index (κ3) is 3.00. The molecule has 0 fully saturated rings. The lowest BCUT2D eigenvalue weighted by Gasteiger charge is -2.32. The minimum atomic E-state index is -1.89. The first-order valence-electron chi connectivity index (χ1n) is 11.1. The molecular weight excluding hydrogens is 414 g/mol. The summed E-state index contributed by atoms with van der Waals surface area (Å²) in [6.07, 6.45) is 3.21. The van der Waals surface area contributed by atoms with Crippen LogP contribution in [-0.2, 0) is 11.8 Å². The van der Waals surface area contributed by atoms with Crippen molar-refractivity contribution >= 4 is 37.5 Å². The van der Waals surface area contributed by atoms with Crippen molar-refractivity contribution in [3.05, 3.63) is 46.0 Å². The van der Waals surface area contributed by atoms with Crippen LogP contribution in [0.3, 0.4) is 0 Å². The molecule has 0 saturated carbocycles. The Morgan fingerprint density at radius 3 is 2.26 bits per heavy atom. The number of methoxy groups -OCH3 is 1. The minimum absolute atomic E-state index is 0.00629. The van der Waals surface area contributed by atoms with Crippen LogP contribution in [0, 0.1) is 0 Å². The van der Waals surface area contributed by atoms with E-state index in [2.05, 4.69) is 78.2 Å². The van der Waals surface area contributed by atoms with E-state index in [-0.39, 0.29) is 11.3 Å². The Bertz CT molecular complexity index is 1170. The number of fused-ring (bicyclic) bond motifs is 3. The normalized spacial score (nSPS) is 18.0. The smallest absolute Gasteiger partial charge is 0.249 e. The number of carbonyl (C=O) groups excluding carboxylic acids is 1. The molecule has 2 aliphatic rings. The number of rotatable bonds is 3. The number of primary amides is 1. The van der Waals surface area contributed by atoms with Gasteiger partial charge in [0.2, 0.25) is 5.91 Å². The van der Waals surface area contributed by atoms with Gasteiger partial charge in [-0.25, -0.2) is 0 Å². The van der Waals surface area contributed by atoms with Crippen LogP contribution in [0.5, 0.6) is 5.75 Å². The van der Waals surface area contributed by atoms with Crippen molar-refractivity contribution in [2.45, 2.75) is 65.7 Å². The summed E-state index contributed by atoms with van der Waals surface area (Å²) in [6.45, 7) is 18.7. The summed E-state index contributed by atoms with van der Waals surface area (Å²) in [5, 5.41) is 2.56. The van der Waals surface area contributed by atoms with Gasteiger partial charge in [-0.3, -0.25) is 4.79 Å². The zero-order valence-electron chi connectivity index (χ0n) is 20.4. The van der Waals surface area contributed by atoms with Gasteiger partial charge in [-0.2, -0.15) is 0 Å². The van der Waals surface area contributed by atoms with E-state index in [9.17, 15) is 4.79 Å². The van der Waals surface area contributed by atoms with Gasteiger partial charge in [0, 0.05) is 5.56 Å². The Morgan fingerprint density at radius 1 is 1.06 bits per heavy atom. The third-order valence-corrected chi connectivity index (χ3v) is 25.4. The summed E-state index contributed by atoms with van der Waals surface area (Å²) < 4.78 is 6.05. The maximum atomic E-state index is 12.8. The molecule has 0 radical (unpaired) electrons. The van der Waals surface area contributed by atoms with Gasteiger partial charge in [0.25, 0.3) is 0 Å². The molecule has 1 amide bonds. The van der Waals surface area contributed by atoms with Crippen LogP contribution in [0.25, 0.3) is 17.2 Å². The zero-order chi connectivity index (χ0) is 23.1. The van der Waals surface area contributed by atoms with E-state index in [1.807, 2.05) is 0 Å². The van der Waals surface area contributed by atoms with Crippen LogP contribution in [0.4, 0.5) is 0 Å². The fourth-order valence-electron chi connectivity index (χ4n) is 5.33. The van der Waals surface area contributed by atoms with Crippen molar-refractivity contribution in [1.82, 2.24) is 0 Å². The predicted molar refractivity (Wildman–Crippen MR) is 137 cm³/mol. The molecule has 1 aliphatic heterocycles. The van der Waals surface area contributed by atoms with Gasteiger partial charge in [0.1, 0.15) is 5.75 Å². The monoisotopic (exact) mass is 449 g/mol. The van der Waals surface area contributed by atoms with E-state index < -0.39 is 15.2 Å². The van der Waals surface area contributed by atoms with Gasteiger partial charge < -0.3 is 10.5 Å². The first-order valence-corrected chi connectivity index (χ1v) is 18.1. The number of benzene rings is 2. The largest absolute Gasteiger partial charge is 0.497 e. The zero-order valence-corrected chi connectivity index (χ0v) is 22.4. The second kappa shape index (κ2) is 6.69. The molecule has 2 aromatic carbocycles. The number of carbonyl (C=O) groups is 1. The molecule has 0 aromatic heterocycles. The lowest BCUT2D eigenvalue weighted by atomic mass is 9.81. The van der Waals surface area contributed by atoms with Crippen molar-refractivity contribution in [1.29, 1.82) is 0 Å². The average Bonchev–Trinajstić information content (AvgIpc) is 3.07. The lowest BCUT2D eigenvalue weighted by Crippen LogP contribution is -2.63. The molecule has 1 heterocycles. The fourth-order valence-corrected chi connectivity index (χ4v) is 14.9. The van der Waals surface area contributed by atoms with Crippen LogP contribution in [0.2, 0.25) is 26.2 Å². The lowest BCUT2D eigenvalue weighted by molar-refractivity contribution is 0.100. The van der Waals surface area contributed by atoms with E-state index in [0.717, 1.165) is 17.7 Å². The predicted octanol–water partition coefficient (Wildman–Crippen LogP) is 4.64. The van der Waals surface area contributed by atoms with Gasteiger partial charge in [0.15, 0.2) is 0 Å². The second-order valence-electron chi connectivity index (χ2n) is 11.4. The molecule has 2 bridgehead atoms. The van der Waals surface area contributed by atoms with Crippen molar-refractivity contribution < 1.29 is 9.53 Å². The van der Waals surface area contributed by atoms with Crippen LogP contribution in [0.1, 0.15) is 54.7 Å². The van der Waals surface area contributed by atoms with Gasteiger partial charge in [0.05, 0.1) is 22.3 Å². The summed E-state index contributed by atoms with van der Waals surface area (Å²) in [7, 11) is -1.90. The molecule has 0 unspecified atom stereocenters. The van der Waals surface area contributed by atoms with Crippen molar-refractivity contribution in [2.24, 2.45) is 5.73 Å². The van der Waals surface area contributed by atoms with Crippen LogP contribution >= 0.6 is 0 Å². The molecule has 2 N–H and O–H groups in total. The number of allylic oxidation sites excluding steroid dienone is 1. The minimum Gasteiger partial charge on any atom is -0.497 e. The Morgan fingerprint density at radius 2 is 1.71 bits per heavy atom. The quantitative estimate of drug-likeness (QED) is 0.694. The van der Waals surface area contributed by atoms with Crippen molar-refractivity contribution in [3.63, 3.8) is 0 Å². The van der Waals surface area contributed by atoms with Crippen LogP contribution < -0.4 is 20.8 Å². The summed E-state index contributed by atoms with van der Waals surface area (Å²) in [5.41, 5.74) is 14.2. The average molecular weight is 450 g/mol. The Hall–Kier alpha value is -2.12. The molecule has 0 saturated heterocycles. The summed E-state index contributed by atoms with van der Waals surface area (Å²) in [6, 6.07) is 6.73. The molecule has 4 rings (SSSR count). The van der Waals surface area contributed by atoms with Crippen molar-refractivity contribution in [2.75, 3.05) is 7.11 Å². The molecule has 164 valence electrons. The molecule has 2 aromatic rings. The standard InChI is InChI=1S/C26H35NO2Si2/c1-15-10-16-12-17(26(2,3)4)13-19(18(16)11-15)22-20(25(27)28)14-21-23(29-5)24(22)31(8,9)30(21,6)7/h10,12-14H,11H2,1-9H3,(H2,27,28). The number of nitrogens with two attached hydrogens (primary N) is 1. The van der Waals surface area contributed by atoms with Gasteiger partial charge in [-0.05, 0) is 63.0 Å². The van der Waals surface area contributed by atoms with Gasteiger partial charge in [-0.15, -0.1) is 0 Å². The summed E-state index contributed by atoms with van der Waals surface area (Å²) in [5.74, 6) is 0.681. The van der Waals surface area contributed by atoms with Crippen LogP contribution in [-0.4, -0.2) is 28.2 Å².